The maximum atomic E-state index is 9.21. The van der Waals surface area contributed by atoms with Crippen molar-refractivity contribution < 1.29 is 0 Å². The molecule has 18 heavy (non-hydrogen) atoms. The van der Waals surface area contributed by atoms with Crippen LogP contribution in [0.4, 0.5) is 0 Å². The first-order valence-electron chi connectivity index (χ1n) is 7.48. The third-order valence-corrected chi connectivity index (χ3v) is 4.07. The highest BCUT2D eigenvalue weighted by molar-refractivity contribution is 5.03. The Kier molecular flexibility index (Phi) is 6.67. The summed E-state index contributed by atoms with van der Waals surface area (Å²) < 4.78 is 0. The monoisotopic (exact) mass is 251 g/mol. The molecular formula is C15H29N3. The molecule has 0 radical (unpaired) electrons. The van der Waals surface area contributed by atoms with E-state index in [1.165, 1.54) is 32.4 Å². The number of nitriles is 1. The Morgan fingerprint density at radius 3 is 2.83 bits per heavy atom. The molecule has 1 saturated heterocycles. The Bertz CT molecular complexity index is 271. The van der Waals surface area contributed by atoms with Gasteiger partial charge in [-0.1, -0.05) is 13.8 Å². The van der Waals surface area contributed by atoms with E-state index in [0.29, 0.717) is 0 Å². The molecule has 0 amide bonds. The average Bonchev–Trinajstić information content (AvgIpc) is 2.55. The molecular weight excluding hydrogens is 222 g/mol. The Hall–Kier alpha value is -0.590. The fourth-order valence-electron chi connectivity index (χ4n) is 2.78. The minimum atomic E-state index is -0.339. The lowest BCUT2D eigenvalue weighted by Crippen LogP contribution is -2.41. The van der Waals surface area contributed by atoms with E-state index >= 15 is 0 Å². The molecule has 1 aliphatic heterocycles. The summed E-state index contributed by atoms with van der Waals surface area (Å²) in [6.07, 6.45) is 6.12. The van der Waals surface area contributed by atoms with E-state index in [2.05, 4.69) is 30.1 Å². The highest BCUT2D eigenvalue weighted by atomic mass is 15.1. The standard InChI is InChI=1S/C15H29N3/c1-4-17-15(3,13-16)9-6-11-18-10-5-7-14(2)8-12-18/h14,17H,4-12H2,1-3H3. The van der Waals surface area contributed by atoms with Gasteiger partial charge in [0.05, 0.1) is 6.07 Å². The van der Waals surface area contributed by atoms with Crippen LogP contribution in [0.3, 0.4) is 0 Å². The van der Waals surface area contributed by atoms with Gasteiger partial charge < -0.3 is 4.90 Å². The van der Waals surface area contributed by atoms with Crippen LogP contribution in [-0.2, 0) is 0 Å². The molecule has 3 nitrogen and oxygen atoms in total. The van der Waals surface area contributed by atoms with Gasteiger partial charge in [0, 0.05) is 0 Å². The third-order valence-electron chi connectivity index (χ3n) is 4.07. The smallest absolute Gasteiger partial charge is 0.103 e. The first-order valence-corrected chi connectivity index (χ1v) is 7.48. The van der Waals surface area contributed by atoms with E-state index in [0.717, 1.165) is 31.8 Å². The number of nitrogens with one attached hydrogen (secondary N) is 1. The van der Waals surface area contributed by atoms with Gasteiger partial charge in [0.25, 0.3) is 0 Å². The number of hydrogen-bond acceptors (Lipinski definition) is 3. The molecule has 0 spiro atoms. The third kappa shape index (κ3) is 5.37. The largest absolute Gasteiger partial charge is 0.303 e. The highest BCUT2D eigenvalue weighted by Gasteiger charge is 2.22. The summed E-state index contributed by atoms with van der Waals surface area (Å²) >= 11 is 0. The van der Waals surface area contributed by atoms with Gasteiger partial charge in [-0.05, 0) is 71.1 Å². The fourth-order valence-corrected chi connectivity index (χ4v) is 2.78. The van der Waals surface area contributed by atoms with Crippen molar-refractivity contribution in [1.29, 1.82) is 5.26 Å². The van der Waals surface area contributed by atoms with Crippen molar-refractivity contribution in [3.63, 3.8) is 0 Å². The van der Waals surface area contributed by atoms with Crippen LogP contribution in [0.2, 0.25) is 0 Å². The molecule has 2 unspecified atom stereocenters. The van der Waals surface area contributed by atoms with Crippen LogP contribution in [-0.4, -0.2) is 36.6 Å². The fraction of sp³-hybridized carbons (Fsp3) is 0.933. The first-order chi connectivity index (χ1) is 8.59. The lowest BCUT2D eigenvalue weighted by Gasteiger charge is -2.25. The summed E-state index contributed by atoms with van der Waals surface area (Å²) in [4.78, 5) is 2.58. The van der Waals surface area contributed by atoms with E-state index in [4.69, 9.17) is 0 Å². The minimum Gasteiger partial charge on any atom is -0.303 e. The molecule has 3 heteroatoms. The zero-order chi connectivity index (χ0) is 13.4. The van der Waals surface area contributed by atoms with Gasteiger partial charge >= 0.3 is 0 Å². The van der Waals surface area contributed by atoms with E-state index < -0.39 is 0 Å². The Morgan fingerprint density at radius 2 is 2.17 bits per heavy atom. The predicted molar refractivity (Wildman–Crippen MR) is 76.4 cm³/mol. The van der Waals surface area contributed by atoms with Crippen molar-refractivity contribution >= 4 is 0 Å². The van der Waals surface area contributed by atoms with Crippen molar-refractivity contribution in [2.75, 3.05) is 26.2 Å². The molecule has 0 bridgehead atoms. The van der Waals surface area contributed by atoms with Crippen molar-refractivity contribution in [2.45, 2.75) is 58.4 Å². The molecule has 1 aliphatic rings. The number of nitrogens with zero attached hydrogens (tertiary/aromatic N) is 2. The summed E-state index contributed by atoms with van der Waals surface area (Å²) in [6.45, 7) is 10.9. The molecule has 104 valence electrons. The summed E-state index contributed by atoms with van der Waals surface area (Å²) in [5.74, 6) is 0.890. The van der Waals surface area contributed by atoms with Crippen LogP contribution in [0.1, 0.15) is 52.9 Å². The van der Waals surface area contributed by atoms with E-state index in [1.807, 2.05) is 6.92 Å². The second-order valence-electron chi connectivity index (χ2n) is 5.96. The molecule has 2 atom stereocenters. The quantitative estimate of drug-likeness (QED) is 0.789. The van der Waals surface area contributed by atoms with Crippen molar-refractivity contribution in [2.24, 2.45) is 5.92 Å². The SMILES string of the molecule is CCNC(C)(C#N)CCCN1CCCC(C)CC1. The number of hydrogen-bond donors (Lipinski definition) is 1. The number of likely N-dealkylation sites (tertiary alicyclic amines) is 1. The van der Waals surface area contributed by atoms with Gasteiger partial charge in [-0.15, -0.1) is 0 Å². The molecule has 0 aromatic carbocycles. The predicted octanol–water partition coefficient (Wildman–Crippen LogP) is 2.78. The Morgan fingerprint density at radius 1 is 1.39 bits per heavy atom. The molecule has 1 heterocycles. The number of rotatable bonds is 6. The zero-order valence-electron chi connectivity index (χ0n) is 12.3. The molecule has 0 aromatic heterocycles. The lowest BCUT2D eigenvalue weighted by molar-refractivity contribution is 0.264. The van der Waals surface area contributed by atoms with Crippen LogP contribution >= 0.6 is 0 Å². The lowest BCUT2D eigenvalue weighted by atomic mass is 9.97. The molecule has 0 saturated carbocycles. The van der Waals surface area contributed by atoms with E-state index in [9.17, 15) is 5.26 Å². The maximum Gasteiger partial charge on any atom is 0.103 e. The van der Waals surface area contributed by atoms with Gasteiger partial charge in [0.15, 0.2) is 0 Å². The minimum absolute atomic E-state index is 0.339. The summed E-state index contributed by atoms with van der Waals surface area (Å²) in [5, 5.41) is 12.5. The van der Waals surface area contributed by atoms with E-state index in [-0.39, 0.29) is 5.54 Å². The first kappa shape index (κ1) is 15.5. The zero-order valence-corrected chi connectivity index (χ0v) is 12.3. The van der Waals surface area contributed by atoms with Crippen LogP contribution in [0.25, 0.3) is 0 Å². The molecule has 1 N–H and O–H groups in total. The van der Waals surface area contributed by atoms with E-state index in [1.54, 1.807) is 0 Å². The van der Waals surface area contributed by atoms with Crippen LogP contribution in [0.5, 0.6) is 0 Å². The van der Waals surface area contributed by atoms with Gasteiger partial charge in [0.2, 0.25) is 0 Å². The Balaban J connectivity index is 2.26. The maximum absolute atomic E-state index is 9.21. The van der Waals surface area contributed by atoms with Crippen LogP contribution in [0, 0.1) is 17.2 Å². The van der Waals surface area contributed by atoms with Gasteiger partial charge in [-0.25, -0.2) is 0 Å². The van der Waals surface area contributed by atoms with Crippen LogP contribution < -0.4 is 5.32 Å². The summed E-state index contributed by atoms with van der Waals surface area (Å²) in [5.41, 5.74) is -0.339. The molecule has 0 aromatic rings. The highest BCUT2D eigenvalue weighted by Crippen LogP contribution is 2.18. The molecule has 1 rings (SSSR count). The van der Waals surface area contributed by atoms with Gasteiger partial charge in [-0.3, -0.25) is 5.32 Å². The second kappa shape index (κ2) is 7.76. The summed E-state index contributed by atoms with van der Waals surface area (Å²) in [6, 6.07) is 2.41. The average molecular weight is 251 g/mol. The topological polar surface area (TPSA) is 39.1 Å². The normalized spacial score (nSPS) is 25.1. The second-order valence-corrected chi connectivity index (χ2v) is 5.96. The molecule has 1 fully saturated rings. The summed E-state index contributed by atoms with van der Waals surface area (Å²) in [7, 11) is 0. The van der Waals surface area contributed by atoms with Crippen molar-refractivity contribution in [3.05, 3.63) is 0 Å². The molecule has 0 aliphatic carbocycles. The van der Waals surface area contributed by atoms with Crippen molar-refractivity contribution in [3.8, 4) is 6.07 Å². The van der Waals surface area contributed by atoms with Crippen LogP contribution in [0.15, 0.2) is 0 Å². The Labute approximate surface area is 113 Å². The van der Waals surface area contributed by atoms with Crippen molar-refractivity contribution in [1.82, 2.24) is 10.2 Å². The van der Waals surface area contributed by atoms with Gasteiger partial charge in [0.1, 0.15) is 5.54 Å². The van der Waals surface area contributed by atoms with Gasteiger partial charge in [-0.2, -0.15) is 5.26 Å².